The molecule has 1 rings (SSSR count). The SMILES string of the molecule is COc1ncnc(OC)c1CNCCS(N)(=O)=O. The summed E-state index contributed by atoms with van der Waals surface area (Å²) < 4.78 is 31.6. The molecule has 0 bridgehead atoms. The van der Waals surface area contributed by atoms with Gasteiger partial charge in [-0.1, -0.05) is 0 Å². The smallest absolute Gasteiger partial charge is 0.224 e. The lowest BCUT2D eigenvalue weighted by atomic mass is 10.3. The van der Waals surface area contributed by atoms with Crippen LogP contribution in [0.4, 0.5) is 0 Å². The van der Waals surface area contributed by atoms with Gasteiger partial charge in [0.05, 0.1) is 25.5 Å². The number of primary sulfonamides is 1. The van der Waals surface area contributed by atoms with Crippen LogP contribution >= 0.6 is 0 Å². The first-order chi connectivity index (χ1) is 8.48. The summed E-state index contributed by atoms with van der Waals surface area (Å²) in [5.41, 5.74) is 0.622. The maximum atomic E-state index is 10.8. The van der Waals surface area contributed by atoms with E-state index in [1.165, 1.54) is 20.5 Å². The van der Waals surface area contributed by atoms with Crippen LogP contribution in [0.15, 0.2) is 6.33 Å². The summed E-state index contributed by atoms with van der Waals surface area (Å²) in [6, 6.07) is 0. The van der Waals surface area contributed by atoms with Gasteiger partial charge in [-0.2, -0.15) is 0 Å². The van der Waals surface area contributed by atoms with Crippen molar-refractivity contribution in [1.82, 2.24) is 15.3 Å². The molecule has 1 aromatic heterocycles. The summed E-state index contributed by atoms with van der Waals surface area (Å²) in [5.74, 6) is 0.612. The Morgan fingerprint density at radius 2 is 1.83 bits per heavy atom. The van der Waals surface area contributed by atoms with Crippen LogP contribution in [-0.4, -0.2) is 44.9 Å². The Balaban J connectivity index is 2.66. The Hall–Kier alpha value is -1.45. The molecule has 8 nitrogen and oxygen atoms in total. The fraction of sp³-hybridized carbons (Fsp3) is 0.556. The van der Waals surface area contributed by atoms with E-state index >= 15 is 0 Å². The van der Waals surface area contributed by atoms with Gasteiger partial charge in [0.1, 0.15) is 6.33 Å². The first kappa shape index (κ1) is 14.6. The molecule has 0 amide bonds. The van der Waals surface area contributed by atoms with Gasteiger partial charge in [-0.3, -0.25) is 0 Å². The molecule has 9 heteroatoms. The van der Waals surface area contributed by atoms with E-state index in [1.807, 2.05) is 0 Å². The van der Waals surface area contributed by atoms with E-state index in [2.05, 4.69) is 15.3 Å². The molecule has 0 fully saturated rings. The summed E-state index contributed by atoms with van der Waals surface area (Å²) in [5, 5.41) is 7.79. The number of hydrogen-bond acceptors (Lipinski definition) is 7. The third kappa shape index (κ3) is 4.43. The Morgan fingerprint density at radius 1 is 1.28 bits per heavy atom. The van der Waals surface area contributed by atoms with Crippen LogP contribution in [0, 0.1) is 0 Å². The van der Waals surface area contributed by atoms with Crippen molar-refractivity contribution in [3.8, 4) is 11.8 Å². The molecule has 1 heterocycles. The van der Waals surface area contributed by atoms with Gasteiger partial charge in [0.2, 0.25) is 21.8 Å². The number of aromatic nitrogens is 2. The zero-order valence-electron chi connectivity index (χ0n) is 10.2. The Morgan fingerprint density at radius 3 is 2.28 bits per heavy atom. The molecule has 0 unspecified atom stereocenters. The Bertz CT molecular complexity index is 469. The van der Waals surface area contributed by atoms with Gasteiger partial charge < -0.3 is 14.8 Å². The van der Waals surface area contributed by atoms with Crippen molar-refractivity contribution in [3.63, 3.8) is 0 Å². The molecule has 0 aromatic carbocycles. The van der Waals surface area contributed by atoms with Gasteiger partial charge in [0, 0.05) is 13.1 Å². The van der Waals surface area contributed by atoms with Crippen LogP contribution in [-0.2, 0) is 16.6 Å². The molecule has 0 radical (unpaired) electrons. The van der Waals surface area contributed by atoms with E-state index in [-0.39, 0.29) is 12.3 Å². The van der Waals surface area contributed by atoms with E-state index in [9.17, 15) is 8.42 Å². The lowest BCUT2D eigenvalue weighted by molar-refractivity contribution is 0.359. The first-order valence-corrected chi connectivity index (χ1v) is 6.82. The quantitative estimate of drug-likeness (QED) is 0.605. The van der Waals surface area contributed by atoms with Crippen LogP contribution in [0.25, 0.3) is 0 Å². The van der Waals surface area contributed by atoms with Crippen molar-refractivity contribution < 1.29 is 17.9 Å². The maximum Gasteiger partial charge on any atom is 0.224 e. The number of nitrogens with one attached hydrogen (secondary N) is 1. The number of rotatable bonds is 7. The predicted octanol–water partition coefficient (Wildman–Crippen LogP) is -1.13. The van der Waals surface area contributed by atoms with Crippen molar-refractivity contribution in [2.24, 2.45) is 5.14 Å². The second-order valence-electron chi connectivity index (χ2n) is 3.41. The molecule has 18 heavy (non-hydrogen) atoms. The van der Waals surface area contributed by atoms with E-state index < -0.39 is 10.0 Å². The molecule has 0 saturated carbocycles. The van der Waals surface area contributed by atoms with Crippen LogP contribution < -0.4 is 19.9 Å². The molecule has 102 valence electrons. The Labute approximate surface area is 106 Å². The van der Waals surface area contributed by atoms with Crippen molar-refractivity contribution in [3.05, 3.63) is 11.9 Å². The highest BCUT2D eigenvalue weighted by Crippen LogP contribution is 2.22. The predicted molar refractivity (Wildman–Crippen MR) is 64.8 cm³/mol. The molecule has 0 aliphatic rings. The topological polar surface area (TPSA) is 116 Å². The summed E-state index contributed by atoms with van der Waals surface area (Å²) in [4.78, 5) is 7.87. The number of nitrogens with two attached hydrogens (primary N) is 1. The second-order valence-corrected chi connectivity index (χ2v) is 5.15. The summed E-state index contributed by atoms with van der Waals surface area (Å²) in [7, 11) is -0.503. The van der Waals surface area contributed by atoms with E-state index in [0.29, 0.717) is 23.9 Å². The van der Waals surface area contributed by atoms with Crippen molar-refractivity contribution in [2.45, 2.75) is 6.54 Å². The molecule has 0 saturated heterocycles. The van der Waals surface area contributed by atoms with Crippen LogP contribution in [0.3, 0.4) is 0 Å². The molecule has 0 aliphatic carbocycles. The largest absolute Gasteiger partial charge is 0.481 e. The fourth-order valence-electron chi connectivity index (χ4n) is 1.31. The van der Waals surface area contributed by atoms with Gasteiger partial charge in [0.15, 0.2) is 0 Å². The third-order valence-corrected chi connectivity index (χ3v) is 2.89. The van der Waals surface area contributed by atoms with Gasteiger partial charge in [-0.25, -0.2) is 23.5 Å². The van der Waals surface area contributed by atoms with E-state index in [1.54, 1.807) is 0 Å². The molecular weight excluding hydrogens is 260 g/mol. The average Bonchev–Trinajstić information content (AvgIpc) is 2.33. The fourth-order valence-corrected chi connectivity index (χ4v) is 1.74. The average molecular weight is 276 g/mol. The van der Waals surface area contributed by atoms with E-state index in [0.717, 1.165) is 0 Å². The Kier molecular flexibility index (Phi) is 5.25. The zero-order valence-corrected chi connectivity index (χ0v) is 11.0. The molecule has 0 spiro atoms. The highest BCUT2D eigenvalue weighted by atomic mass is 32.2. The maximum absolute atomic E-state index is 10.8. The normalized spacial score (nSPS) is 11.3. The third-order valence-electron chi connectivity index (χ3n) is 2.12. The van der Waals surface area contributed by atoms with Crippen LogP contribution in [0.5, 0.6) is 11.8 Å². The van der Waals surface area contributed by atoms with Gasteiger partial charge in [-0.05, 0) is 0 Å². The highest BCUT2D eigenvalue weighted by molar-refractivity contribution is 7.89. The van der Waals surface area contributed by atoms with Crippen molar-refractivity contribution in [1.29, 1.82) is 0 Å². The summed E-state index contributed by atoms with van der Waals surface area (Å²) in [6.07, 6.45) is 1.32. The van der Waals surface area contributed by atoms with Crippen molar-refractivity contribution in [2.75, 3.05) is 26.5 Å². The minimum Gasteiger partial charge on any atom is -0.481 e. The van der Waals surface area contributed by atoms with Gasteiger partial charge in [-0.15, -0.1) is 0 Å². The number of ether oxygens (including phenoxy) is 2. The van der Waals surface area contributed by atoms with Crippen molar-refractivity contribution >= 4 is 10.0 Å². The summed E-state index contributed by atoms with van der Waals surface area (Å²) in [6.45, 7) is 0.544. The second kappa shape index (κ2) is 6.47. The van der Waals surface area contributed by atoms with Gasteiger partial charge >= 0.3 is 0 Å². The molecule has 1 aromatic rings. The minimum absolute atomic E-state index is 0.147. The molecule has 3 N–H and O–H groups in total. The lowest BCUT2D eigenvalue weighted by Crippen LogP contribution is -2.27. The van der Waals surface area contributed by atoms with Gasteiger partial charge in [0.25, 0.3) is 0 Å². The lowest BCUT2D eigenvalue weighted by Gasteiger charge is -2.11. The standard InChI is InChI=1S/C9H16N4O4S/c1-16-8-7(9(17-2)13-6-12-8)5-11-3-4-18(10,14)15/h6,11H,3-5H2,1-2H3,(H2,10,14,15). The number of nitrogens with zero attached hydrogens (tertiary/aromatic N) is 2. The van der Waals surface area contributed by atoms with Crippen LogP contribution in [0.2, 0.25) is 0 Å². The highest BCUT2D eigenvalue weighted by Gasteiger charge is 2.12. The summed E-state index contributed by atoms with van der Waals surface area (Å²) >= 11 is 0. The number of methoxy groups -OCH3 is 2. The molecule has 0 aliphatic heterocycles. The van der Waals surface area contributed by atoms with E-state index in [4.69, 9.17) is 14.6 Å². The zero-order chi connectivity index (χ0) is 13.6. The molecule has 0 atom stereocenters. The monoisotopic (exact) mass is 276 g/mol. The number of sulfonamides is 1. The minimum atomic E-state index is -3.47. The molecular formula is C9H16N4O4S. The first-order valence-electron chi connectivity index (χ1n) is 5.11. The number of hydrogen-bond donors (Lipinski definition) is 2. The van der Waals surface area contributed by atoms with Crippen LogP contribution in [0.1, 0.15) is 5.56 Å².